The molecule has 122 valence electrons. The molecule has 2 rings (SSSR count). The highest BCUT2D eigenvalue weighted by Crippen LogP contribution is 2.31. The van der Waals surface area contributed by atoms with Gasteiger partial charge >= 0.3 is 0 Å². The molecule has 0 spiro atoms. The average Bonchev–Trinajstić information content (AvgIpc) is 2.49. The van der Waals surface area contributed by atoms with E-state index >= 15 is 0 Å². The van der Waals surface area contributed by atoms with Crippen molar-refractivity contribution in [3.63, 3.8) is 0 Å². The molecule has 1 aromatic rings. The minimum Gasteiger partial charge on any atom is -0.258 e. The summed E-state index contributed by atoms with van der Waals surface area (Å²) >= 11 is 0. The van der Waals surface area contributed by atoms with Gasteiger partial charge in [-0.1, -0.05) is 13.3 Å². The van der Waals surface area contributed by atoms with Gasteiger partial charge in [-0.2, -0.15) is 4.31 Å². The number of non-ortho nitro benzene ring substituents is 1. The average molecular weight is 326 g/mol. The third-order valence-corrected chi connectivity index (χ3v) is 6.52. The summed E-state index contributed by atoms with van der Waals surface area (Å²) in [5, 5.41) is 11.0. The van der Waals surface area contributed by atoms with Crippen LogP contribution in [0.15, 0.2) is 17.0 Å². The quantitative estimate of drug-likeness (QED) is 0.628. The zero-order chi connectivity index (χ0) is 16.5. The number of rotatable bonds is 4. The summed E-state index contributed by atoms with van der Waals surface area (Å²) < 4.78 is 27.5. The van der Waals surface area contributed by atoms with E-state index in [0.717, 1.165) is 25.7 Å². The van der Waals surface area contributed by atoms with Crippen LogP contribution in [0.5, 0.6) is 0 Å². The number of aryl methyl sites for hydroxylation is 1. The molecule has 0 aromatic heterocycles. The zero-order valence-electron chi connectivity index (χ0n) is 13.2. The van der Waals surface area contributed by atoms with Crippen molar-refractivity contribution in [3.05, 3.63) is 33.4 Å². The third-order valence-electron chi connectivity index (χ3n) is 4.45. The monoisotopic (exact) mass is 326 g/mol. The predicted molar refractivity (Wildman–Crippen MR) is 84.4 cm³/mol. The van der Waals surface area contributed by atoms with Crippen LogP contribution in [0.2, 0.25) is 0 Å². The Morgan fingerprint density at radius 1 is 1.32 bits per heavy atom. The van der Waals surface area contributed by atoms with Crippen LogP contribution in [-0.4, -0.2) is 30.2 Å². The molecule has 1 unspecified atom stereocenters. The first-order valence-corrected chi connectivity index (χ1v) is 9.00. The molecular weight excluding hydrogens is 304 g/mol. The lowest BCUT2D eigenvalue weighted by atomic mass is 10.0. The normalized spacial score (nSPS) is 20.0. The lowest BCUT2D eigenvalue weighted by Crippen LogP contribution is -2.43. The first-order valence-electron chi connectivity index (χ1n) is 7.56. The first kappa shape index (κ1) is 16.9. The van der Waals surface area contributed by atoms with Crippen molar-refractivity contribution in [1.29, 1.82) is 0 Å². The molecule has 0 radical (unpaired) electrons. The van der Waals surface area contributed by atoms with Crippen molar-refractivity contribution in [2.24, 2.45) is 0 Å². The molecule has 22 heavy (non-hydrogen) atoms. The van der Waals surface area contributed by atoms with Crippen LogP contribution in [0.4, 0.5) is 5.69 Å². The lowest BCUT2D eigenvalue weighted by Gasteiger charge is -2.34. The molecule has 0 N–H and O–H groups in total. The summed E-state index contributed by atoms with van der Waals surface area (Å²) in [6.07, 6.45) is 3.47. The van der Waals surface area contributed by atoms with E-state index in [9.17, 15) is 18.5 Å². The van der Waals surface area contributed by atoms with Gasteiger partial charge in [0.25, 0.3) is 5.69 Å². The van der Waals surface area contributed by atoms with Crippen LogP contribution in [0.1, 0.15) is 43.7 Å². The summed E-state index contributed by atoms with van der Waals surface area (Å²) in [5.74, 6) is 0. The van der Waals surface area contributed by atoms with Crippen LogP contribution in [-0.2, 0) is 10.0 Å². The highest BCUT2D eigenvalue weighted by atomic mass is 32.2. The fraction of sp³-hybridized carbons (Fsp3) is 0.600. The molecule has 1 fully saturated rings. The van der Waals surface area contributed by atoms with Crippen LogP contribution in [0.25, 0.3) is 0 Å². The molecule has 0 saturated carbocycles. The summed E-state index contributed by atoms with van der Waals surface area (Å²) in [4.78, 5) is 10.6. The molecule has 1 aromatic carbocycles. The number of piperidine rings is 1. The zero-order valence-corrected chi connectivity index (χ0v) is 14.0. The smallest absolute Gasteiger partial charge is 0.258 e. The van der Waals surface area contributed by atoms with E-state index in [4.69, 9.17) is 0 Å². The van der Waals surface area contributed by atoms with E-state index in [1.807, 2.05) is 6.92 Å². The van der Waals surface area contributed by atoms with Gasteiger partial charge < -0.3 is 0 Å². The lowest BCUT2D eigenvalue weighted by molar-refractivity contribution is -0.385. The molecule has 1 atom stereocenters. The number of hydrogen-bond donors (Lipinski definition) is 0. The van der Waals surface area contributed by atoms with E-state index in [-0.39, 0.29) is 16.6 Å². The highest BCUT2D eigenvalue weighted by molar-refractivity contribution is 7.89. The number of nitro benzene ring substituents is 1. The Kier molecular flexibility index (Phi) is 4.87. The van der Waals surface area contributed by atoms with Gasteiger partial charge in [-0.05, 0) is 44.2 Å². The topological polar surface area (TPSA) is 80.5 Å². The van der Waals surface area contributed by atoms with Gasteiger partial charge in [-0.15, -0.1) is 0 Å². The van der Waals surface area contributed by atoms with Crippen LogP contribution in [0, 0.1) is 24.0 Å². The van der Waals surface area contributed by atoms with Gasteiger partial charge in [0.05, 0.1) is 9.82 Å². The maximum absolute atomic E-state index is 13.0. The maximum Gasteiger partial charge on any atom is 0.271 e. The van der Waals surface area contributed by atoms with Gasteiger partial charge in [-0.3, -0.25) is 10.1 Å². The predicted octanol–water partition coefficient (Wildman–Crippen LogP) is 3.16. The fourth-order valence-corrected chi connectivity index (χ4v) is 5.09. The Labute approximate surface area is 131 Å². The van der Waals surface area contributed by atoms with E-state index in [0.29, 0.717) is 17.7 Å². The van der Waals surface area contributed by atoms with Crippen LogP contribution < -0.4 is 0 Å². The molecule has 1 aliphatic rings. The van der Waals surface area contributed by atoms with Crippen LogP contribution in [0.3, 0.4) is 0 Å². The highest BCUT2D eigenvalue weighted by Gasteiger charge is 2.34. The minimum atomic E-state index is -3.70. The number of hydrogen-bond acceptors (Lipinski definition) is 4. The standard InChI is InChI=1S/C15H22N2O4S/c1-4-13-7-5-6-8-16(13)22(20,21)15-10-14(17(18)19)9-11(2)12(15)3/h9-10,13H,4-8H2,1-3H3. The third kappa shape index (κ3) is 3.01. The summed E-state index contributed by atoms with van der Waals surface area (Å²) in [6, 6.07) is 2.60. The second-order valence-electron chi connectivity index (χ2n) is 5.82. The molecule has 0 aliphatic carbocycles. The van der Waals surface area contributed by atoms with Gasteiger partial charge in [0.1, 0.15) is 0 Å². The number of sulfonamides is 1. The van der Waals surface area contributed by atoms with Gasteiger partial charge in [0.15, 0.2) is 0 Å². The van der Waals surface area contributed by atoms with E-state index in [1.54, 1.807) is 13.8 Å². The number of benzene rings is 1. The van der Waals surface area contributed by atoms with Gasteiger partial charge in [-0.25, -0.2) is 8.42 Å². The Balaban J connectivity index is 2.55. The second-order valence-corrected chi connectivity index (χ2v) is 7.68. The molecule has 1 heterocycles. The Morgan fingerprint density at radius 2 is 2.00 bits per heavy atom. The molecule has 7 heteroatoms. The first-order chi connectivity index (χ1) is 10.3. The Bertz CT molecular complexity index is 685. The Hall–Kier alpha value is -1.47. The molecule has 1 aliphatic heterocycles. The van der Waals surface area contributed by atoms with Gasteiger partial charge in [0.2, 0.25) is 10.0 Å². The summed E-state index contributed by atoms with van der Waals surface area (Å²) in [5.41, 5.74) is 1.04. The molecule has 0 amide bonds. The summed E-state index contributed by atoms with van der Waals surface area (Å²) in [6.45, 7) is 5.87. The van der Waals surface area contributed by atoms with Crippen molar-refractivity contribution in [1.82, 2.24) is 4.31 Å². The minimum absolute atomic E-state index is 0.0160. The summed E-state index contributed by atoms with van der Waals surface area (Å²) in [7, 11) is -3.70. The Morgan fingerprint density at radius 3 is 2.59 bits per heavy atom. The fourth-order valence-electron chi connectivity index (χ4n) is 3.01. The van der Waals surface area contributed by atoms with Crippen molar-refractivity contribution >= 4 is 15.7 Å². The maximum atomic E-state index is 13.0. The largest absolute Gasteiger partial charge is 0.271 e. The van der Waals surface area contributed by atoms with Crippen molar-refractivity contribution in [3.8, 4) is 0 Å². The number of nitro groups is 1. The molecular formula is C15H22N2O4S. The number of nitrogens with zero attached hydrogens (tertiary/aromatic N) is 2. The molecule has 6 nitrogen and oxygen atoms in total. The van der Waals surface area contributed by atoms with Crippen molar-refractivity contribution < 1.29 is 13.3 Å². The van der Waals surface area contributed by atoms with E-state index in [2.05, 4.69) is 0 Å². The van der Waals surface area contributed by atoms with Crippen molar-refractivity contribution in [2.75, 3.05) is 6.54 Å². The van der Waals surface area contributed by atoms with E-state index < -0.39 is 14.9 Å². The SMILES string of the molecule is CCC1CCCCN1S(=O)(=O)c1cc([N+](=O)[O-])cc(C)c1C. The molecule has 1 saturated heterocycles. The molecule has 0 bridgehead atoms. The van der Waals surface area contributed by atoms with Crippen LogP contribution >= 0.6 is 0 Å². The second kappa shape index (κ2) is 6.34. The van der Waals surface area contributed by atoms with E-state index in [1.165, 1.54) is 16.4 Å². The van der Waals surface area contributed by atoms with Crippen molar-refractivity contribution in [2.45, 2.75) is 57.4 Å². The van der Waals surface area contributed by atoms with Gasteiger partial charge in [0, 0.05) is 24.7 Å².